The number of nitrogens with one attached hydrogen (secondary N) is 1. The van der Waals surface area contributed by atoms with Gasteiger partial charge < -0.3 is 15.8 Å². The van der Waals surface area contributed by atoms with E-state index in [0.717, 1.165) is 37.0 Å². The van der Waals surface area contributed by atoms with Crippen molar-refractivity contribution in [1.29, 1.82) is 0 Å². The molecule has 156 valence electrons. The van der Waals surface area contributed by atoms with Gasteiger partial charge in [-0.25, -0.2) is 0 Å². The normalized spacial score (nSPS) is 24.9. The van der Waals surface area contributed by atoms with Crippen LogP contribution in [0.3, 0.4) is 0 Å². The molecule has 3 rings (SSSR count). The molecule has 0 radical (unpaired) electrons. The van der Waals surface area contributed by atoms with Crippen LogP contribution in [-0.2, 0) is 15.7 Å². The molecule has 0 spiro atoms. The molecule has 5 nitrogen and oxygen atoms in total. The first-order chi connectivity index (χ1) is 13.4. The third-order valence-electron chi connectivity index (χ3n) is 5.88. The fourth-order valence-corrected chi connectivity index (χ4v) is 4.23. The summed E-state index contributed by atoms with van der Waals surface area (Å²) in [4.78, 5) is 14.8. The summed E-state index contributed by atoms with van der Waals surface area (Å²) < 4.78 is 44.0. The molecule has 0 aromatic heterocycles. The predicted octanol–water partition coefficient (Wildman–Crippen LogP) is 2.57. The summed E-state index contributed by atoms with van der Waals surface area (Å²) in [5.41, 5.74) is 5.87. The number of rotatable bonds is 6. The number of carbonyl (C=O) groups is 1. The molecule has 1 aliphatic heterocycles. The maximum atomic E-state index is 12.9. The van der Waals surface area contributed by atoms with Gasteiger partial charge in [0, 0.05) is 25.6 Å². The molecule has 8 heteroatoms. The smallest absolute Gasteiger partial charge is 0.379 e. The lowest BCUT2D eigenvalue weighted by Crippen LogP contribution is -2.45. The Morgan fingerprint density at radius 1 is 1.21 bits per heavy atom. The highest BCUT2D eigenvalue weighted by atomic mass is 19.4. The Morgan fingerprint density at radius 2 is 1.89 bits per heavy atom. The van der Waals surface area contributed by atoms with Gasteiger partial charge in [0.05, 0.1) is 24.8 Å². The van der Waals surface area contributed by atoms with Gasteiger partial charge in [-0.15, -0.1) is 0 Å². The molecule has 2 aliphatic rings. The van der Waals surface area contributed by atoms with Crippen LogP contribution in [0.1, 0.15) is 36.4 Å². The summed E-state index contributed by atoms with van der Waals surface area (Å²) in [6, 6.07) is 5.03. The quantitative estimate of drug-likeness (QED) is 0.772. The van der Waals surface area contributed by atoms with Gasteiger partial charge in [-0.1, -0.05) is 18.6 Å². The van der Waals surface area contributed by atoms with Crippen LogP contribution in [0.15, 0.2) is 24.3 Å². The van der Waals surface area contributed by atoms with E-state index in [-0.39, 0.29) is 23.8 Å². The van der Waals surface area contributed by atoms with Crippen LogP contribution in [0, 0.1) is 11.8 Å². The van der Waals surface area contributed by atoms with E-state index in [4.69, 9.17) is 10.5 Å². The van der Waals surface area contributed by atoms with E-state index in [1.807, 2.05) is 0 Å². The molecule has 1 saturated carbocycles. The van der Waals surface area contributed by atoms with Crippen LogP contribution >= 0.6 is 0 Å². The average molecular weight is 399 g/mol. The molecule has 1 saturated heterocycles. The number of halogens is 3. The highest BCUT2D eigenvalue weighted by Gasteiger charge is 2.33. The monoisotopic (exact) mass is 399 g/mol. The van der Waals surface area contributed by atoms with Gasteiger partial charge in [0.1, 0.15) is 0 Å². The largest absolute Gasteiger partial charge is 0.416 e. The number of alkyl halides is 3. The van der Waals surface area contributed by atoms with Crippen LogP contribution in [0.25, 0.3) is 0 Å². The lowest BCUT2D eigenvalue weighted by Gasteiger charge is -2.35. The van der Waals surface area contributed by atoms with E-state index in [2.05, 4.69) is 10.2 Å². The number of nitrogens with two attached hydrogens (primary N) is 1. The Balaban J connectivity index is 1.71. The number of hydrogen-bond acceptors (Lipinski definition) is 4. The van der Waals surface area contributed by atoms with Crippen molar-refractivity contribution < 1.29 is 22.7 Å². The number of nitrogens with zero attached hydrogens (tertiary/aromatic N) is 1. The van der Waals surface area contributed by atoms with Crippen molar-refractivity contribution in [2.45, 2.75) is 31.5 Å². The Kier molecular flexibility index (Phi) is 6.95. The first-order valence-corrected chi connectivity index (χ1v) is 9.87. The molecule has 3 atom stereocenters. The fraction of sp³-hybridized carbons (Fsp3) is 0.650. The third-order valence-corrected chi connectivity index (χ3v) is 5.88. The van der Waals surface area contributed by atoms with Crippen molar-refractivity contribution in [1.82, 2.24) is 10.2 Å². The van der Waals surface area contributed by atoms with Crippen LogP contribution in [-0.4, -0.2) is 50.2 Å². The van der Waals surface area contributed by atoms with Gasteiger partial charge in [0.2, 0.25) is 5.91 Å². The standard InChI is InChI=1S/C20H28F3N3O2/c21-20(22,23)16-6-4-14(5-7-16)18(26-8-10-28-11-9-26)13-25-19(27)17-3-1-2-15(17)12-24/h4-7,15,17-18H,1-3,8-13,24H2,(H,25,27)/t15-,17-,18?/m1/s1. The van der Waals surface area contributed by atoms with Gasteiger partial charge in [-0.3, -0.25) is 9.69 Å². The van der Waals surface area contributed by atoms with Crippen molar-refractivity contribution in [3.8, 4) is 0 Å². The molecular weight excluding hydrogens is 371 g/mol. The van der Waals surface area contributed by atoms with Crippen LogP contribution in [0.4, 0.5) is 13.2 Å². The Labute approximate surface area is 163 Å². The Hall–Kier alpha value is -1.64. The second-order valence-corrected chi connectivity index (χ2v) is 7.56. The highest BCUT2D eigenvalue weighted by Crippen LogP contribution is 2.32. The van der Waals surface area contributed by atoms with Gasteiger partial charge in [0.15, 0.2) is 0 Å². The molecule has 1 aromatic rings. The second kappa shape index (κ2) is 9.24. The molecule has 1 aromatic carbocycles. The zero-order chi connectivity index (χ0) is 20.1. The van der Waals surface area contributed by atoms with Gasteiger partial charge in [-0.2, -0.15) is 13.2 Å². The fourth-order valence-electron chi connectivity index (χ4n) is 4.23. The molecule has 1 unspecified atom stereocenters. The summed E-state index contributed by atoms with van der Waals surface area (Å²) >= 11 is 0. The number of morpholine rings is 1. The molecule has 1 aliphatic carbocycles. The maximum Gasteiger partial charge on any atom is 0.416 e. The number of benzene rings is 1. The van der Waals surface area contributed by atoms with E-state index in [1.54, 1.807) is 0 Å². The second-order valence-electron chi connectivity index (χ2n) is 7.56. The lowest BCUT2D eigenvalue weighted by molar-refractivity contribution is -0.137. The maximum absolute atomic E-state index is 12.9. The number of hydrogen-bond donors (Lipinski definition) is 2. The van der Waals surface area contributed by atoms with E-state index in [9.17, 15) is 18.0 Å². The SMILES string of the molecule is NC[C@H]1CCC[C@H]1C(=O)NCC(c1ccc(C(F)(F)F)cc1)N1CCOCC1. The minimum Gasteiger partial charge on any atom is -0.379 e. The van der Waals surface area contributed by atoms with Gasteiger partial charge in [-0.05, 0) is 43.0 Å². The van der Waals surface area contributed by atoms with Crippen molar-refractivity contribution in [3.63, 3.8) is 0 Å². The number of ether oxygens (including phenoxy) is 1. The molecular formula is C20H28F3N3O2. The summed E-state index contributed by atoms with van der Waals surface area (Å²) in [7, 11) is 0. The third kappa shape index (κ3) is 5.04. The topological polar surface area (TPSA) is 67.6 Å². The average Bonchev–Trinajstić information content (AvgIpc) is 3.17. The van der Waals surface area contributed by atoms with E-state index < -0.39 is 11.7 Å². The minimum atomic E-state index is -4.36. The summed E-state index contributed by atoms with van der Waals surface area (Å²) in [5.74, 6) is 0.147. The van der Waals surface area contributed by atoms with Crippen molar-refractivity contribution in [2.24, 2.45) is 17.6 Å². The van der Waals surface area contributed by atoms with Gasteiger partial charge in [0.25, 0.3) is 0 Å². The first-order valence-electron chi connectivity index (χ1n) is 9.87. The van der Waals surface area contributed by atoms with Crippen molar-refractivity contribution in [3.05, 3.63) is 35.4 Å². The summed E-state index contributed by atoms with van der Waals surface area (Å²) in [5, 5.41) is 3.03. The van der Waals surface area contributed by atoms with E-state index in [0.29, 0.717) is 39.4 Å². The molecule has 28 heavy (non-hydrogen) atoms. The van der Waals surface area contributed by atoms with Crippen LogP contribution in [0.5, 0.6) is 0 Å². The van der Waals surface area contributed by atoms with E-state index >= 15 is 0 Å². The molecule has 3 N–H and O–H groups in total. The summed E-state index contributed by atoms with van der Waals surface area (Å²) in [6.07, 6.45) is -1.54. The van der Waals surface area contributed by atoms with Crippen LogP contribution in [0.2, 0.25) is 0 Å². The minimum absolute atomic E-state index is 0.00174. The molecule has 2 fully saturated rings. The zero-order valence-corrected chi connectivity index (χ0v) is 15.9. The van der Waals surface area contributed by atoms with Crippen LogP contribution < -0.4 is 11.1 Å². The predicted molar refractivity (Wildman–Crippen MR) is 99.5 cm³/mol. The Bertz CT molecular complexity index is 645. The van der Waals surface area contributed by atoms with Crippen molar-refractivity contribution in [2.75, 3.05) is 39.4 Å². The highest BCUT2D eigenvalue weighted by molar-refractivity contribution is 5.79. The van der Waals surface area contributed by atoms with E-state index in [1.165, 1.54) is 12.1 Å². The number of amides is 1. The zero-order valence-electron chi connectivity index (χ0n) is 15.9. The Morgan fingerprint density at radius 3 is 2.50 bits per heavy atom. The van der Waals surface area contributed by atoms with Crippen molar-refractivity contribution >= 4 is 5.91 Å². The lowest BCUT2D eigenvalue weighted by atomic mass is 9.95. The van der Waals surface area contributed by atoms with Gasteiger partial charge >= 0.3 is 6.18 Å². The molecule has 1 heterocycles. The first kappa shape index (κ1) is 21.1. The summed E-state index contributed by atoms with van der Waals surface area (Å²) in [6.45, 7) is 3.36. The number of carbonyl (C=O) groups excluding carboxylic acids is 1. The molecule has 0 bridgehead atoms. The molecule has 1 amide bonds.